The molecule has 0 unspecified atom stereocenters. The normalized spacial score (nSPS) is 17.1. The van der Waals surface area contributed by atoms with E-state index in [1.54, 1.807) is 12.1 Å². The molecule has 0 fully saturated rings. The third-order valence-electron chi connectivity index (χ3n) is 3.54. The van der Waals surface area contributed by atoms with Gasteiger partial charge in [0, 0.05) is 11.0 Å². The van der Waals surface area contributed by atoms with Crippen LogP contribution >= 0.6 is 31.9 Å². The fourth-order valence-electron chi connectivity index (χ4n) is 2.42. The van der Waals surface area contributed by atoms with Gasteiger partial charge in [0.1, 0.15) is 11.9 Å². The number of ether oxygens (including phenoxy) is 1. The minimum Gasteiger partial charge on any atom is -0.466 e. The topological polar surface area (TPSA) is 81.4 Å². The molecule has 3 rings (SSSR count). The molecular formula is C15H12Br2FN5O2. The Hall–Kier alpha value is -2.07. The predicted octanol–water partition coefficient (Wildman–Crippen LogP) is 2.55. The molecule has 0 amide bonds. The molecule has 7 nitrogen and oxygen atoms in total. The Balaban J connectivity index is 2.19. The molecule has 1 aromatic carbocycles. The summed E-state index contributed by atoms with van der Waals surface area (Å²) < 4.78 is 19.1. The number of methoxy groups -OCH3 is 1. The van der Waals surface area contributed by atoms with Gasteiger partial charge in [0.05, 0.1) is 29.5 Å². The number of rotatable bonds is 3. The highest BCUT2D eigenvalue weighted by atomic mass is 79.9. The van der Waals surface area contributed by atoms with E-state index < -0.39 is 17.8 Å². The number of alkyl halides is 1. The number of carbonyl (C=O) groups excluding carboxylic acids is 1. The molecule has 1 N–H and O–H groups in total. The lowest BCUT2D eigenvalue weighted by Crippen LogP contribution is -2.39. The zero-order valence-corrected chi connectivity index (χ0v) is 16.1. The van der Waals surface area contributed by atoms with Crippen LogP contribution in [-0.4, -0.2) is 39.4 Å². The van der Waals surface area contributed by atoms with Crippen molar-refractivity contribution in [1.82, 2.24) is 20.3 Å². The van der Waals surface area contributed by atoms with Gasteiger partial charge in [-0.1, -0.05) is 28.1 Å². The fourth-order valence-corrected chi connectivity index (χ4v) is 3.34. The number of carbonyl (C=O) groups is 1. The summed E-state index contributed by atoms with van der Waals surface area (Å²) in [5, 5.41) is 11.4. The maximum atomic E-state index is 14.0. The van der Waals surface area contributed by atoms with Gasteiger partial charge in [-0.25, -0.2) is 14.2 Å². The maximum Gasteiger partial charge on any atom is 0.338 e. The zero-order chi connectivity index (χ0) is 18.0. The lowest BCUT2D eigenvalue weighted by molar-refractivity contribution is -0.136. The van der Waals surface area contributed by atoms with Crippen LogP contribution in [-0.2, 0) is 9.53 Å². The predicted molar refractivity (Wildman–Crippen MR) is 95.7 cm³/mol. The van der Waals surface area contributed by atoms with Crippen LogP contribution in [0.4, 0.5) is 4.39 Å². The molecule has 0 radical (unpaired) electrons. The van der Waals surface area contributed by atoms with Crippen molar-refractivity contribution >= 4 is 43.8 Å². The third kappa shape index (κ3) is 3.36. The Morgan fingerprint density at radius 1 is 1.40 bits per heavy atom. The molecule has 1 atom stereocenters. The van der Waals surface area contributed by atoms with Crippen LogP contribution in [0, 0.1) is 5.82 Å². The van der Waals surface area contributed by atoms with Crippen molar-refractivity contribution in [2.75, 3.05) is 12.4 Å². The average Bonchev–Trinajstić information content (AvgIpc) is 3.17. The van der Waals surface area contributed by atoms with Crippen molar-refractivity contribution in [2.45, 2.75) is 6.04 Å². The molecule has 0 saturated heterocycles. The van der Waals surface area contributed by atoms with E-state index in [4.69, 9.17) is 4.74 Å². The van der Waals surface area contributed by atoms with Crippen molar-refractivity contribution in [2.24, 2.45) is 4.99 Å². The molecule has 0 saturated carbocycles. The highest BCUT2D eigenvalue weighted by molar-refractivity contribution is 9.10. The van der Waals surface area contributed by atoms with Crippen LogP contribution in [0.2, 0.25) is 0 Å². The molecule has 10 heteroatoms. The van der Waals surface area contributed by atoms with E-state index in [2.05, 4.69) is 52.4 Å². The average molecular weight is 473 g/mol. The Bertz CT molecular complexity index is 867. The molecule has 1 aliphatic heterocycles. The van der Waals surface area contributed by atoms with E-state index in [0.29, 0.717) is 22.6 Å². The SMILES string of the molecule is COC(=O)C1=C(CBr)NC(n2nccn2)=N[C@H]1c1cccc(F)c1Br. The minimum atomic E-state index is -0.785. The Morgan fingerprint density at radius 2 is 2.12 bits per heavy atom. The number of benzene rings is 1. The van der Waals surface area contributed by atoms with E-state index in [0.717, 1.165) is 0 Å². The second-order valence-corrected chi connectivity index (χ2v) is 6.31. The number of nitrogens with zero attached hydrogens (tertiary/aromatic N) is 4. The first-order valence-electron chi connectivity index (χ1n) is 7.09. The number of allylic oxidation sites excluding steroid dienone is 1. The van der Waals surface area contributed by atoms with Gasteiger partial charge >= 0.3 is 5.97 Å². The first-order valence-corrected chi connectivity index (χ1v) is 9.01. The molecular weight excluding hydrogens is 461 g/mol. The molecule has 25 heavy (non-hydrogen) atoms. The quantitative estimate of drug-likeness (QED) is 0.548. The molecule has 130 valence electrons. The summed E-state index contributed by atoms with van der Waals surface area (Å²) in [6, 6.07) is 3.78. The largest absolute Gasteiger partial charge is 0.466 e. The van der Waals surface area contributed by atoms with E-state index >= 15 is 0 Å². The first kappa shape index (κ1) is 17.7. The van der Waals surface area contributed by atoms with Gasteiger partial charge in [-0.15, -0.1) is 4.80 Å². The summed E-state index contributed by atoms with van der Waals surface area (Å²) >= 11 is 6.59. The highest BCUT2D eigenvalue weighted by Crippen LogP contribution is 2.36. The fraction of sp³-hybridized carbons (Fsp3) is 0.200. The summed E-state index contributed by atoms with van der Waals surface area (Å²) in [5.74, 6) is -0.692. The van der Waals surface area contributed by atoms with Gasteiger partial charge in [0.25, 0.3) is 0 Å². The van der Waals surface area contributed by atoms with Crippen molar-refractivity contribution in [1.29, 1.82) is 0 Å². The van der Waals surface area contributed by atoms with Crippen molar-refractivity contribution in [3.63, 3.8) is 0 Å². The summed E-state index contributed by atoms with van der Waals surface area (Å²) in [5.41, 5.74) is 1.31. The van der Waals surface area contributed by atoms with Crippen LogP contribution in [0.3, 0.4) is 0 Å². The van der Waals surface area contributed by atoms with E-state index in [1.165, 1.54) is 30.4 Å². The number of halogens is 3. The van der Waals surface area contributed by atoms with Gasteiger partial charge in [0.2, 0.25) is 5.96 Å². The third-order valence-corrected chi connectivity index (χ3v) is 4.93. The molecule has 2 aromatic rings. The smallest absolute Gasteiger partial charge is 0.338 e. The number of nitrogens with one attached hydrogen (secondary N) is 1. The van der Waals surface area contributed by atoms with Crippen LogP contribution in [0.15, 0.2) is 51.3 Å². The number of esters is 1. The van der Waals surface area contributed by atoms with E-state index in [-0.39, 0.29) is 10.0 Å². The molecule has 1 aromatic heterocycles. The summed E-state index contributed by atoms with van der Waals surface area (Å²) in [6.45, 7) is 0. The minimum absolute atomic E-state index is 0.230. The Labute approximate surface area is 159 Å². The van der Waals surface area contributed by atoms with Crippen LogP contribution in [0.25, 0.3) is 0 Å². The van der Waals surface area contributed by atoms with Crippen molar-refractivity contribution < 1.29 is 13.9 Å². The first-order chi connectivity index (χ1) is 12.1. The molecule has 1 aliphatic rings. The van der Waals surface area contributed by atoms with E-state index in [9.17, 15) is 9.18 Å². The van der Waals surface area contributed by atoms with Gasteiger partial charge in [-0.2, -0.15) is 10.2 Å². The van der Waals surface area contributed by atoms with Crippen LogP contribution in [0.1, 0.15) is 11.6 Å². The summed E-state index contributed by atoms with van der Waals surface area (Å²) in [4.78, 5) is 18.2. The molecule has 0 aliphatic carbocycles. The highest BCUT2D eigenvalue weighted by Gasteiger charge is 2.33. The zero-order valence-electron chi connectivity index (χ0n) is 12.9. The summed E-state index contributed by atoms with van der Waals surface area (Å²) in [6.07, 6.45) is 3.01. The molecule has 2 heterocycles. The maximum absolute atomic E-state index is 14.0. The number of hydrogen-bond donors (Lipinski definition) is 1. The number of hydrogen-bond acceptors (Lipinski definition) is 6. The van der Waals surface area contributed by atoms with Crippen LogP contribution < -0.4 is 5.32 Å². The summed E-state index contributed by atoms with van der Waals surface area (Å²) in [7, 11) is 1.28. The van der Waals surface area contributed by atoms with Gasteiger partial charge in [-0.3, -0.25) is 0 Å². The van der Waals surface area contributed by atoms with Gasteiger partial charge in [0.15, 0.2) is 0 Å². The lowest BCUT2D eigenvalue weighted by Gasteiger charge is -2.26. The van der Waals surface area contributed by atoms with Crippen LogP contribution in [0.5, 0.6) is 0 Å². The van der Waals surface area contributed by atoms with Gasteiger partial charge in [-0.05, 0) is 27.6 Å². The number of aliphatic imine (C=N–C) groups is 1. The van der Waals surface area contributed by atoms with Gasteiger partial charge < -0.3 is 10.1 Å². The lowest BCUT2D eigenvalue weighted by atomic mass is 9.96. The molecule has 0 spiro atoms. The Morgan fingerprint density at radius 3 is 2.76 bits per heavy atom. The van der Waals surface area contributed by atoms with E-state index in [1.807, 2.05) is 0 Å². The van der Waals surface area contributed by atoms with Crippen molar-refractivity contribution in [3.05, 3.63) is 57.7 Å². The number of aromatic nitrogens is 3. The second-order valence-electron chi connectivity index (χ2n) is 4.96. The standard InChI is InChI=1S/C15H12Br2FN5O2/c1-25-14(24)11-10(7-16)21-15(23-19-5-6-20-23)22-13(11)8-3-2-4-9(18)12(8)17/h2-6,13H,7H2,1H3,(H,21,22)/t13-/m0/s1. The Kier molecular flexibility index (Phi) is 5.28. The monoisotopic (exact) mass is 471 g/mol. The van der Waals surface area contributed by atoms with Crippen molar-refractivity contribution in [3.8, 4) is 0 Å². The molecule has 0 bridgehead atoms. The second kappa shape index (κ2) is 7.44.